The van der Waals surface area contributed by atoms with E-state index in [-0.39, 0.29) is 5.91 Å². The van der Waals surface area contributed by atoms with Gasteiger partial charge in [-0.25, -0.2) is 0 Å². The third-order valence-corrected chi connectivity index (χ3v) is 3.37. The molecule has 0 saturated heterocycles. The van der Waals surface area contributed by atoms with Crippen molar-refractivity contribution in [3.05, 3.63) is 41.5 Å². The van der Waals surface area contributed by atoms with Gasteiger partial charge in [-0.05, 0) is 31.4 Å². The number of carbonyl (C=O) groups is 1. The Hall–Kier alpha value is -1.57. The maximum atomic E-state index is 12.2. The Morgan fingerprint density at radius 1 is 1.05 bits per heavy atom. The van der Waals surface area contributed by atoms with Gasteiger partial charge in [-0.2, -0.15) is 0 Å². The number of rotatable bonds is 8. The number of carbonyl (C=O) groups excluding carboxylic acids is 1. The van der Waals surface area contributed by atoms with Crippen LogP contribution in [0.3, 0.4) is 0 Å². The molecule has 0 spiro atoms. The lowest BCUT2D eigenvalue weighted by atomic mass is 10.1. The predicted molar refractivity (Wildman–Crippen MR) is 86.6 cm³/mol. The van der Waals surface area contributed by atoms with Gasteiger partial charge < -0.3 is 4.90 Å². The summed E-state index contributed by atoms with van der Waals surface area (Å²) in [7, 11) is 0. The molecule has 1 aromatic carbocycles. The first kappa shape index (κ1) is 16.5. The lowest BCUT2D eigenvalue weighted by Gasteiger charge is -2.20. The smallest absolute Gasteiger partial charge is 0.246 e. The van der Waals surface area contributed by atoms with Crippen molar-refractivity contribution in [1.29, 1.82) is 0 Å². The Morgan fingerprint density at radius 2 is 1.60 bits per heavy atom. The fourth-order valence-electron chi connectivity index (χ4n) is 1.98. The van der Waals surface area contributed by atoms with Gasteiger partial charge in [0.2, 0.25) is 5.91 Å². The average molecular weight is 273 g/mol. The first-order chi connectivity index (χ1) is 9.67. The lowest BCUT2D eigenvalue weighted by Crippen LogP contribution is -2.31. The van der Waals surface area contributed by atoms with Crippen LogP contribution in [0.5, 0.6) is 0 Å². The number of nitrogens with zero attached hydrogens (tertiary/aromatic N) is 1. The fourth-order valence-corrected chi connectivity index (χ4v) is 1.98. The van der Waals surface area contributed by atoms with Crippen LogP contribution in [0.1, 0.15) is 50.7 Å². The van der Waals surface area contributed by atoms with Crippen LogP contribution < -0.4 is 0 Å². The first-order valence-corrected chi connectivity index (χ1v) is 7.71. The normalized spacial score (nSPS) is 10.9. The summed E-state index contributed by atoms with van der Waals surface area (Å²) >= 11 is 0. The highest BCUT2D eigenvalue weighted by atomic mass is 16.2. The zero-order chi connectivity index (χ0) is 14.8. The van der Waals surface area contributed by atoms with Crippen LogP contribution in [0.15, 0.2) is 30.3 Å². The van der Waals surface area contributed by atoms with Crippen molar-refractivity contribution in [3.8, 4) is 0 Å². The summed E-state index contributed by atoms with van der Waals surface area (Å²) in [6.07, 6.45) is 8.01. The predicted octanol–water partition coefficient (Wildman–Crippen LogP) is 4.44. The lowest BCUT2D eigenvalue weighted by molar-refractivity contribution is -0.126. The molecule has 0 bridgehead atoms. The molecule has 110 valence electrons. The van der Waals surface area contributed by atoms with E-state index in [0.29, 0.717) is 0 Å². The third-order valence-electron chi connectivity index (χ3n) is 3.37. The Labute approximate surface area is 123 Å². The molecule has 1 aromatic rings. The summed E-state index contributed by atoms with van der Waals surface area (Å²) in [5.41, 5.74) is 2.32. The Balaban J connectivity index is 2.61. The molecule has 0 fully saturated rings. The molecule has 2 heteroatoms. The van der Waals surface area contributed by atoms with Gasteiger partial charge in [-0.1, -0.05) is 56.5 Å². The zero-order valence-electron chi connectivity index (χ0n) is 13.1. The van der Waals surface area contributed by atoms with Gasteiger partial charge in [-0.3, -0.25) is 4.79 Å². The maximum absolute atomic E-state index is 12.2. The maximum Gasteiger partial charge on any atom is 0.246 e. The van der Waals surface area contributed by atoms with Gasteiger partial charge in [-0.15, -0.1) is 0 Å². The molecule has 2 nitrogen and oxygen atoms in total. The molecule has 1 amide bonds. The zero-order valence-corrected chi connectivity index (χ0v) is 13.1. The second kappa shape index (κ2) is 9.35. The molecule has 0 saturated carbocycles. The highest BCUT2D eigenvalue weighted by molar-refractivity contribution is 5.91. The SMILES string of the molecule is CCCCN(CCCC)C(=O)C=Cc1ccc(C)cc1. The van der Waals surface area contributed by atoms with Crippen molar-refractivity contribution in [1.82, 2.24) is 4.90 Å². The van der Waals surface area contributed by atoms with Gasteiger partial charge >= 0.3 is 0 Å². The quantitative estimate of drug-likeness (QED) is 0.641. The Bertz CT molecular complexity index is 412. The number of unbranched alkanes of at least 4 members (excludes halogenated alkanes) is 2. The highest BCUT2D eigenvalue weighted by Gasteiger charge is 2.08. The van der Waals surface area contributed by atoms with E-state index in [1.165, 1.54) is 5.56 Å². The molecule has 0 aliphatic carbocycles. The monoisotopic (exact) mass is 273 g/mol. The van der Waals surface area contributed by atoms with Crippen LogP contribution in [-0.2, 0) is 4.79 Å². The minimum absolute atomic E-state index is 0.132. The largest absolute Gasteiger partial charge is 0.339 e. The number of hydrogen-bond acceptors (Lipinski definition) is 1. The molecule has 0 aliphatic rings. The van der Waals surface area contributed by atoms with Gasteiger partial charge in [0.1, 0.15) is 0 Å². The van der Waals surface area contributed by atoms with Crippen LogP contribution in [0.2, 0.25) is 0 Å². The van der Waals surface area contributed by atoms with Crippen LogP contribution in [0, 0.1) is 6.92 Å². The Kier molecular flexibility index (Phi) is 7.71. The van der Waals surface area contributed by atoms with Gasteiger partial charge in [0.15, 0.2) is 0 Å². The van der Waals surface area contributed by atoms with Crippen molar-refractivity contribution in [2.24, 2.45) is 0 Å². The molecule has 20 heavy (non-hydrogen) atoms. The number of aryl methyl sites for hydroxylation is 1. The molecular formula is C18H27NO. The molecule has 0 atom stereocenters. The van der Waals surface area contributed by atoms with E-state index >= 15 is 0 Å². The molecule has 0 unspecified atom stereocenters. The molecular weight excluding hydrogens is 246 g/mol. The molecule has 0 heterocycles. The summed E-state index contributed by atoms with van der Waals surface area (Å²) in [6.45, 7) is 8.12. The van der Waals surface area contributed by atoms with E-state index in [0.717, 1.165) is 44.3 Å². The molecule has 0 radical (unpaired) electrons. The van der Waals surface area contributed by atoms with Crippen molar-refractivity contribution in [3.63, 3.8) is 0 Å². The van der Waals surface area contributed by atoms with Gasteiger partial charge in [0.25, 0.3) is 0 Å². The highest BCUT2D eigenvalue weighted by Crippen LogP contribution is 2.06. The third kappa shape index (κ3) is 6.05. The van der Waals surface area contributed by atoms with E-state index in [1.807, 2.05) is 23.1 Å². The summed E-state index contributed by atoms with van der Waals surface area (Å²) in [5, 5.41) is 0. The van der Waals surface area contributed by atoms with Crippen molar-refractivity contribution in [2.45, 2.75) is 46.5 Å². The van der Waals surface area contributed by atoms with Crippen molar-refractivity contribution >= 4 is 12.0 Å². The van der Waals surface area contributed by atoms with E-state index in [2.05, 4.69) is 32.9 Å². The summed E-state index contributed by atoms with van der Waals surface area (Å²) < 4.78 is 0. The van der Waals surface area contributed by atoms with Crippen LogP contribution >= 0.6 is 0 Å². The number of benzene rings is 1. The number of amides is 1. The topological polar surface area (TPSA) is 20.3 Å². The van der Waals surface area contributed by atoms with E-state index in [4.69, 9.17) is 0 Å². The minimum Gasteiger partial charge on any atom is -0.339 e. The van der Waals surface area contributed by atoms with E-state index < -0.39 is 0 Å². The minimum atomic E-state index is 0.132. The van der Waals surface area contributed by atoms with Gasteiger partial charge in [0.05, 0.1) is 0 Å². The second-order valence-corrected chi connectivity index (χ2v) is 5.28. The summed E-state index contributed by atoms with van der Waals surface area (Å²) in [5.74, 6) is 0.132. The average Bonchev–Trinajstić information content (AvgIpc) is 2.46. The van der Waals surface area contributed by atoms with Crippen LogP contribution in [0.25, 0.3) is 6.08 Å². The molecule has 0 N–H and O–H groups in total. The van der Waals surface area contributed by atoms with Crippen molar-refractivity contribution in [2.75, 3.05) is 13.1 Å². The summed E-state index contributed by atoms with van der Waals surface area (Å²) in [4.78, 5) is 14.2. The van der Waals surface area contributed by atoms with Crippen molar-refractivity contribution < 1.29 is 4.79 Å². The second-order valence-electron chi connectivity index (χ2n) is 5.28. The molecule has 0 aliphatic heterocycles. The van der Waals surface area contributed by atoms with Crippen LogP contribution in [-0.4, -0.2) is 23.9 Å². The van der Waals surface area contributed by atoms with Gasteiger partial charge in [0, 0.05) is 19.2 Å². The standard InChI is InChI=1S/C18H27NO/c1-4-6-14-19(15-7-5-2)18(20)13-12-17-10-8-16(3)9-11-17/h8-13H,4-7,14-15H2,1-3H3. The summed E-state index contributed by atoms with van der Waals surface area (Å²) in [6, 6.07) is 8.22. The fraction of sp³-hybridized carbons (Fsp3) is 0.500. The van der Waals surface area contributed by atoms with E-state index in [9.17, 15) is 4.79 Å². The number of hydrogen-bond donors (Lipinski definition) is 0. The molecule has 1 rings (SSSR count). The van der Waals surface area contributed by atoms with Crippen LogP contribution in [0.4, 0.5) is 0 Å². The van der Waals surface area contributed by atoms with E-state index in [1.54, 1.807) is 6.08 Å². The first-order valence-electron chi connectivity index (χ1n) is 7.71. The molecule has 0 aromatic heterocycles. The Morgan fingerprint density at radius 3 is 2.10 bits per heavy atom.